The first kappa shape index (κ1) is 18.1. The van der Waals surface area contributed by atoms with Gasteiger partial charge in [-0.1, -0.05) is 45.0 Å². The van der Waals surface area contributed by atoms with Crippen molar-refractivity contribution in [2.24, 2.45) is 5.92 Å². The molecule has 0 amide bonds. The normalized spacial score (nSPS) is 11.8. The van der Waals surface area contributed by atoms with Crippen LogP contribution in [0.4, 0.5) is 0 Å². The number of likely N-dealkylation sites (N-methyl/N-ethyl adjacent to an activating group) is 1. The van der Waals surface area contributed by atoms with E-state index in [0.29, 0.717) is 5.92 Å². The molecule has 0 radical (unpaired) electrons. The van der Waals surface area contributed by atoms with Gasteiger partial charge < -0.3 is 10.2 Å². The molecule has 1 aromatic rings. The van der Waals surface area contributed by atoms with Crippen LogP contribution in [-0.2, 0) is 13.1 Å². The molecule has 0 unspecified atom stereocenters. The third-order valence-electron chi connectivity index (χ3n) is 3.46. The number of hydrogen-bond donors (Lipinski definition) is 1. The van der Waals surface area contributed by atoms with E-state index < -0.39 is 0 Å². The van der Waals surface area contributed by atoms with Gasteiger partial charge in [-0.3, -0.25) is 4.90 Å². The van der Waals surface area contributed by atoms with Gasteiger partial charge in [0, 0.05) is 32.7 Å². The number of benzene rings is 1. The molecule has 3 nitrogen and oxygen atoms in total. The van der Waals surface area contributed by atoms with E-state index in [-0.39, 0.29) is 0 Å². The molecule has 0 aliphatic rings. The Labute approximate surface area is 131 Å². The third-order valence-corrected chi connectivity index (χ3v) is 3.46. The first-order valence-corrected chi connectivity index (χ1v) is 8.16. The zero-order valence-electron chi connectivity index (χ0n) is 14.5. The number of nitrogens with one attached hydrogen (secondary N) is 1. The molecule has 0 aromatic heterocycles. The predicted octanol–water partition coefficient (Wildman–Crippen LogP) is 2.82. The van der Waals surface area contributed by atoms with Crippen molar-refractivity contribution >= 4 is 0 Å². The Bertz CT molecular complexity index is 388. The zero-order chi connectivity index (χ0) is 15.7. The summed E-state index contributed by atoms with van der Waals surface area (Å²) in [5.41, 5.74) is 2.80. The van der Waals surface area contributed by atoms with E-state index in [4.69, 9.17) is 0 Å². The topological polar surface area (TPSA) is 18.5 Å². The highest BCUT2D eigenvalue weighted by Gasteiger charge is 2.09. The van der Waals surface area contributed by atoms with E-state index in [0.717, 1.165) is 39.3 Å². The molecule has 1 N–H and O–H groups in total. The minimum absolute atomic E-state index is 0.706. The molecule has 21 heavy (non-hydrogen) atoms. The van der Waals surface area contributed by atoms with Crippen molar-refractivity contribution in [3.05, 3.63) is 35.4 Å². The average Bonchev–Trinajstić information content (AvgIpc) is 2.42. The lowest BCUT2D eigenvalue weighted by Gasteiger charge is -2.26. The molecule has 0 fully saturated rings. The van der Waals surface area contributed by atoms with Gasteiger partial charge in [-0.05, 0) is 37.7 Å². The van der Waals surface area contributed by atoms with Crippen LogP contribution in [0.15, 0.2) is 24.3 Å². The van der Waals surface area contributed by atoms with Gasteiger partial charge in [0.15, 0.2) is 0 Å². The van der Waals surface area contributed by atoms with Gasteiger partial charge >= 0.3 is 0 Å². The summed E-state index contributed by atoms with van der Waals surface area (Å²) in [6.45, 7) is 13.2. The second-order valence-corrected chi connectivity index (χ2v) is 6.53. The summed E-state index contributed by atoms with van der Waals surface area (Å²) in [5.74, 6) is 0.706. The highest BCUT2D eigenvalue weighted by molar-refractivity contribution is 5.23. The Morgan fingerprint density at radius 3 is 2.43 bits per heavy atom. The fraction of sp³-hybridized carbons (Fsp3) is 0.667. The van der Waals surface area contributed by atoms with Crippen molar-refractivity contribution < 1.29 is 0 Å². The molecule has 0 spiro atoms. The van der Waals surface area contributed by atoms with Crippen LogP contribution in [0.25, 0.3) is 0 Å². The van der Waals surface area contributed by atoms with E-state index in [1.807, 2.05) is 0 Å². The van der Waals surface area contributed by atoms with E-state index in [1.165, 1.54) is 11.1 Å². The Hall–Kier alpha value is -0.900. The van der Waals surface area contributed by atoms with Crippen LogP contribution in [0, 0.1) is 5.92 Å². The van der Waals surface area contributed by atoms with Crippen LogP contribution >= 0.6 is 0 Å². The molecule has 0 heterocycles. The fourth-order valence-corrected chi connectivity index (χ4v) is 2.46. The van der Waals surface area contributed by atoms with E-state index in [2.05, 4.69) is 74.2 Å². The van der Waals surface area contributed by atoms with E-state index in [9.17, 15) is 0 Å². The largest absolute Gasteiger partial charge is 0.313 e. The quantitative estimate of drug-likeness (QED) is 0.715. The van der Waals surface area contributed by atoms with Gasteiger partial charge in [0.2, 0.25) is 0 Å². The molecule has 1 aromatic carbocycles. The van der Waals surface area contributed by atoms with Crippen LogP contribution in [0.2, 0.25) is 0 Å². The summed E-state index contributed by atoms with van der Waals surface area (Å²) in [4.78, 5) is 4.83. The van der Waals surface area contributed by atoms with Crippen molar-refractivity contribution in [2.75, 3.05) is 40.3 Å². The van der Waals surface area contributed by atoms with Crippen LogP contribution in [0.1, 0.15) is 31.9 Å². The summed E-state index contributed by atoms with van der Waals surface area (Å²) in [5, 5.41) is 3.40. The highest BCUT2D eigenvalue weighted by Crippen LogP contribution is 2.10. The summed E-state index contributed by atoms with van der Waals surface area (Å²) >= 11 is 0. The van der Waals surface area contributed by atoms with Crippen LogP contribution in [0.5, 0.6) is 0 Å². The molecule has 1 rings (SSSR count). The van der Waals surface area contributed by atoms with Crippen molar-refractivity contribution in [1.29, 1.82) is 0 Å². The number of nitrogens with zero attached hydrogens (tertiary/aromatic N) is 2. The molecular formula is C18H33N3. The van der Waals surface area contributed by atoms with Gasteiger partial charge in [0.25, 0.3) is 0 Å². The van der Waals surface area contributed by atoms with Crippen molar-refractivity contribution in [2.45, 2.75) is 33.9 Å². The Kier molecular flexibility index (Phi) is 8.58. The van der Waals surface area contributed by atoms with Crippen molar-refractivity contribution in [3.63, 3.8) is 0 Å². The number of rotatable bonds is 10. The summed E-state index contributed by atoms with van der Waals surface area (Å²) in [6.07, 6.45) is 0. The molecule has 0 aliphatic carbocycles. The second-order valence-electron chi connectivity index (χ2n) is 6.53. The van der Waals surface area contributed by atoms with E-state index >= 15 is 0 Å². The lowest BCUT2D eigenvalue weighted by atomic mass is 10.1. The van der Waals surface area contributed by atoms with Crippen molar-refractivity contribution in [3.8, 4) is 0 Å². The SMILES string of the molecule is CCNCc1cccc(CN(CCN(C)C)CC(C)C)c1. The van der Waals surface area contributed by atoms with E-state index in [1.54, 1.807) is 0 Å². The number of hydrogen-bond acceptors (Lipinski definition) is 3. The monoisotopic (exact) mass is 291 g/mol. The van der Waals surface area contributed by atoms with Gasteiger partial charge in [-0.15, -0.1) is 0 Å². The molecule has 0 saturated heterocycles. The first-order chi connectivity index (χ1) is 10.0. The maximum Gasteiger partial charge on any atom is 0.0234 e. The highest BCUT2D eigenvalue weighted by atomic mass is 15.2. The van der Waals surface area contributed by atoms with Crippen LogP contribution in [-0.4, -0.2) is 50.1 Å². The first-order valence-electron chi connectivity index (χ1n) is 8.16. The summed E-state index contributed by atoms with van der Waals surface area (Å²) < 4.78 is 0. The molecule has 0 saturated carbocycles. The maximum absolute atomic E-state index is 3.40. The molecule has 3 heteroatoms. The second kappa shape index (κ2) is 9.93. The van der Waals surface area contributed by atoms with Crippen molar-refractivity contribution in [1.82, 2.24) is 15.1 Å². The van der Waals surface area contributed by atoms with Crippen LogP contribution < -0.4 is 5.32 Å². The average molecular weight is 291 g/mol. The standard InChI is InChI=1S/C18H33N3/c1-6-19-13-17-8-7-9-18(12-17)15-21(14-16(2)3)11-10-20(4)5/h7-9,12,16,19H,6,10-11,13-15H2,1-5H3. The van der Waals surface area contributed by atoms with Crippen LogP contribution in [0.3, 0.4) is 0 Å². The maximum atomic E-state index is 3.40. The van der Waals surface area contributed by atoms with Gasteiger partial charge in [0.05, 0.1) is 0 Å². The zero-order valence-corrected chi connectivity index (χ0v) is 14.5. The molecule has 0 atom stereocenters. The molecule has 120 valence electrons. The Morgan fingerprint density at radius 2 is 1.81 bits per heavy atom. The summed E-state index contributed by atoms with van der Waals surface area (Å²) in [7, 11) is 4.29. The fourth-order valence-electron chi connectivity index (χ4n) is 2.46. The summed E-state index contributed by atoms with van der Waals surface area (Å²) in [6, 6.07) is 8.98. The molecule has 0 bridgehead atoms. The molecular weight excluding hydrogens is 258 g/mol. The lowest BCUT2D eigenvalue weighted by molar-refractivity contribution is 0.211. The Balaban J connectivity index is 2.63. The minimum Gasteiger partial charge on any atom is -0.313 e. The van der Waals surface area contributed by atoms with Gasteiger partial charge in [-0.2, -0.15) is 0 Å². The minimum atomic E-state index is 0.706. The predicted molar refractivity (Wildman–Crippen MR) is 92.5 cm³/mol. The third kappa shape index (κ3) is 8.20. The van der Waals surface area contributed by atoms with Gasteiger partial charge in [0.1, 0.15) is 0 Å². The molecule has 0 aliphatic heterocycles. The smallest absolute Gasteiger partial charge is 0.0234 e. The lowest BCUT2D eigenvalue weighted by Crippen LogP contribution is -2.34. The van der Waals surface area contributed by atoms with Gasteiger partial charge in [-0.25, -0.2) is 0 Å². The Morgan fingerprint density at radius 1 is 1.10 bits per heavy atom.